The molecule has 1 rings (SSSR count). The molecule has 0 unspecified atom stereocenters. The molecule has 0 bridgehead atoms. The lowest BCUT2D eigenvalue weighted by Crippen LogP contribution is -1.92. The standard InChI is InChI=1S/C5H6Cl2N2/c1-9-3-8-2-4(9)5(6)7/h2-3,5H,1H3. The number of nitrogens with zero attached hydrogens (tertiary/aromatic N) is 2. The quantitative estimate of drug-likeness (QED) is 0.581. The Morgan fingerprint density at radius 3 is 2.56 bits per heavy atom. The van der Waals surface area contributed by atoms with Crippen LogP contribution < -0.4 is 0 Å². The topological polar surface area (TPSA) is 17.8 Å². The van der Waals surface area contributed by atoms with Crippen LogP contribution >= 0.6 is 23.2 Å². The number of imidazole rings is 1. The highest BCUT2D eigenvalue weighted by molar-refractivity contribution is 6.43. The Balaban J connectivity index is 2.94. The Morgan fingerprint density at radius 2 is 2.33 bits per heavy atom. The van der Waals surface area contributed by atoms with Gasteiger partial charge in [0.05, 0.1) is 18.2 Å². The Labute approximate surface area is 63.4 Å². The van der Waals surface area contributed by atoms with E-state index in [1.165, 1.54) is 0 Å². The number of hydrogen-bond acceptors (Lipinski definition) is 1. The van der Waals surface area contributed by atoms with Crippen LogP contribution in [0.2, 0.25) is 0 Å². The molecule has 0 aliphatic rings. The lowest BCUT2D eigenvalue weighted by molar-refractivity contribution is 0.859. The second kappa shape index (κ2) is 2.58. The smallest absolute Gasteiger partial charge is 0.149 e. The van der Waals surface area contributed by atoms with E-state index in [9.17, 15) is 0 Å². The van der Waals surface area contributed by atoms with Crippen molar-refractivity contribution in [2.45, 2.75) is 4.84 Å². The van der Waals surface area contributed by atoms with Gasteiger partial charge in [-0.15, -0.1) is 0 Å². The van der Waals surface area contributed by atoms with Gasteiger partial charge in [0.25, 0.3) is 0 Å². The largest absolute Gasteiger partial charge is 0.335 e. The van der Waals surface area contributed by atoms with Gasteiger partial charge in [-0.25, -0.2) is 4.98 Å². The van der Waals surface area contributed by atoms with Gasteiger partial charge in [-0.2, -0.15) is 0 Å². The van der Waals surface area contributed by atoms with Gasteiger partial charge in [-0.1, -0.05) is 23.2 Å². The van der Waals surface area contributed by atoms with Crippen LogP contribution in [0.1, 0.15) is 10.5 Å². The average Bonchev–Trinajstić information content (AvgIpc) is 2.13. The Bertz CT molecular complexity index is 195. The monoisotopic (exact) mass is 164 g/mol. The van der Waals surface area contributed by atoms with E-state index in [1.807, 2.05) is 7.05 Å². The summed E-state index contributed by atoms with van der Waals surface area (Å²) in [4.78, 5) is 3.36. The SMILES string of the molecule is Cn1cncc1C(Cl)Cl. The number of rotatable bonds is 1. The van der Waals surface area contributed by atoms with Crippen molar-refractivity contribution in [1.29, 1.82) is 0 Å². The van der Waals surface area contributed by atoms with Crippen LogP contribution in [0.5, 0.6) is 0 Å². The summed E-state index contributed by atoms with van der Waals surface area (Å²) in [5.74, 6) is 0. The molecule has 0 radical (unpaired) electrons. The van der Waals surface area contributed by atoms with E-state index in [2.05, 4.69) is 4.98 Å². The molecule has 0 aliphatic carbocycles. The average molecular weight is 165 g/mol. The van der Waals surface area contributed by atoms with E-state index in [0.29, 0.717) is 0 Å². The highest BCUT2D eigenvalue weighted by atomic mass is 35.5. The van der Waals surface area contributed by atoms with E-state index in [1.54, 1.807) is 17.1 Å². The fourth-order valence-corrected chi connectivity index (χ4v) is 0.998. The van der Waals surface area contributed by atoms with Gasteiger partial charge in [0, 0.05) is 7.05 Å². The van der Waals surface area contributed by atoms with Crippen molar-refractivity contribution in [2.24, 2.45) is 7.05 Å². The molecule has 2 nitrogen and oxygen atoms in total. The fourth-order valence-electron chi connectivity index (χ4n) is 0.578. The minimum atomic E-state index is -0.475. The fraction of sp³-hybridized carbons (Fsp3) is 0.400. The first-order chi connectivity index (χ1) is 4.22. The highest BCUT2D eigenvalue weighted by Gasteiger charge is 2.05. The summed E-state index contributed by atoms with van der Waals surface area (Å²) in [5.41, 5.74) is 0.818. The van der Waals surface area contributed by atoms with E-state index < -0.39 is 4.84 Å². The Kier molecular flexibility index (Phi) is 1.98. The molecule has 1 aromatic rings. The van der Waals surface area contributed by atoms with Gasteiger partial charge >= 0.3 is 0 Å². The van der Waals surface area contributed by atoms with Crippen LogP contribution in [0.15, 0.2) is 12.5 Å². The zero-order valence-corrected chi connectivity index (χ0v) is 6.39. The summed E-state index contributed by atoms with van der Waals surface area (Å²) in [5, 5.41) is 0. The maximum atomic E-state index is 5.55. The van der Waals surface area contributed by atoms with Crippen LogP contribution in [-0.2, 0) is 7.05 Å². The molecule has 9 heavy (non-hydrogen) atoms. The molecule has 0 atom stereocenters. The van der Waals surface area contributed by atoms with Gasteiger partial charge < -0.3 is 4.57 Å². The number of halogens is 2. The predicted molar refractivity (Wildman–Crippen MR) is 37.7 cm³/mol. The first-order valence-electron chi connectivity index (χ1n) is 2.46. The molecule has 0 spiro atoms. The number of hydrogen-bond donors (Lipinski definition) is 0. The molecular weight excluding hydrogens is 159 g/mol. The van der Waals surface area contributed by atoms with E-state index in [0.717, 1.165) is 5.69 Å². The number of aryl methyl sites for hydroxylation is 1. The summed E-state index contributed by atoms with van der Waals surface area (Å²) >= 11 is 11.1. The van der Waals surface area contributed by atoms with Crippen molar-refractivity contribution >= 4 is 23.2 Å². The summed E-state index contributed by atoms with van der Waals surface area (Å²) in [7, 11) is 1.85. The van der Waals surface area contributed by atoms with E-state index in [-0.39, 0.29) is 0 Å². The first-order valence-corrected chi connectivity index (χ1v) is 3.33. The minimum absolute atomic E-state index is 0.475. The molecule has 1 aromatic heterocycles. The van der Waals surface area contributed by atoms with Crippen molar-refractivity contribution in [3.8, 4) is 0 Å². The summed E-state index contributed by atoms with van der Waals surface area (Å²) in [6.07, 6.45) is 3.30. The van der Waals surface area contributed by atoms with Crippen LogP contribution in [0.4, 0.5) is 0 Å². The van der Waals surface area contributed by atoms with E-state index in [4.69, 9.17) is 23.2 Å². The van der Waals surface area contributed by atoms with Crippen molar-refractivity contribution < 1.29 is 0 Å². The lowest BCUT2D eigenvalue weighted by atomic mass is 10.5. The first kappa shape index (κ1) is 6.90. The van der Waals surface area contributed by atoms with Gasteiger partial charge in [0.2, 0.25) is 0 Å². The second-order valence-electron chi connectivity index (χ2n) is 1.73. The molecule has 0 amide bonds. The van der Waals surface area contributed by atoms with Gasteiger partial charge in [-0.3, -0.25) is 0 Å². The van der Waals surface area contributed by atoms with Gasteiger partial charge in [0.1, 0.15) is 4.84 Å². The third-order valence-corrected chi connectivity index (χ3v) is 1.52. The molecule has 0 fully saturated rings. The molecule has 4 heteroatoms. The number of aromatic nitrogens is 2. The van der Waals surface area contributed by atoms with Crippen LogP contribution in [-0.4, -0.2) is 9.55 Å². The number of alkyl halides is 2. The van der Waals surface area contributed by atoms with E-state index >= 15 is 0 Å². The molecule has 0 aromatic carbocycles. The molecule has 0 saturated carbocycles. The molecule has 1 heterocycles. The lowest BCUT2D eigenvalue weighted by Gasteiger charge is -1.99. The van der Waals surface area contributed by atoms with Crippen LogP contribution in [0.25, 0.3) is 0 Å². The Hall–Kier alpha value is -0.210. The Morgan fingerprint density at radius 1 is 1.67 bits per heavy atom. The minimum Gasteiger partial charge on any atom is -0.335 e. The maximum Gasteiger partial charge on any atom is 0.149 e. The second-order valence-corrected chi connectivity index (χ2v) is 2.83. The summed E-state index contributed by atoms with van der Waals surface area (Å²) in [6.45, 7) is 0. The summed E-state index contributed by atoms with van der Waals surface area (Å²) < 4.78 is 1.78. The normalized spacial score (nSPS) is 10.7. The van der Waals surface area contributed by atoms with Gasteiger partial charge in [0.15, 0.2) is 0 Å². The zero-order chi connectivity index (χ0) is 6.85. The third-order valence-electron chi connectivity index (χ3n) is 1.08. The third kappa shape index (κ3) is 1.37. The van der Waals surface area contributed by atoms with Crippen molar-refractivity contribution in [2.75, 3.05) is 0 Å². The van der Waals surface area contributed by atoms with Gasteiger partial charge in [-0.05, 0) is 0 Å². The molecule has 50 valence electrons. The van der Waals surface area contributed by atoms with Crippen LogP contribution in [0, 0.1) is 0 Å². The molecule has 0 N–H and O–H groups in total. The zero-order valence-electron chi connectivity index (χ0n) is 4.88. The van der Waals surface area contributed by atoms with Crippen molar-refractivity contribution in [3.63, 3.8) is 0 Å². The molecule has 0 saturated heterocycles. The molecular formula is C5H6Cl2N2. The van der Waals surface area contributed by atoms with Crippen molar-refractivity contribution in [1.82, 2.24) is 9.55 Å². The molecule has 0 aliphatic heterocycles. The van der Waals surface area contributed by atoms with Crippen LogP contribution in [0.3, 0.4) is 0 Å². The summed E-state index contributed by atoms with van der Waals surface area (Å²) in [6, 6.07) is 0. The highest BCUT2D eigenvalue weighted by Crippen LogP contribution is 2.22. The maximum absolute atomic E-state index is 5.55. The van der Waals surface area contributed by atoms with Crippen molar-refractivity contribution in [3.05, 3.63) is 18.2 Å². The predicted octanol–water partition coefficient (Wildman–Crippen LogP) is 1.90.